The molecule has 0 spiro atoms. The average molecular weight is 372 g/mol. The van der Waals surface area contributed by atoms with Gasteiger partial charge in [0.1, 0.15) is 10.6 Å². The maximum atomic E-state index is 12.8. The molecule has 9 heteroatoms. The number of nitrogens with zero attached hydrogens (tertiary/aromatic N) is 3. The highest BCUT2D eigenvalue weighted by Crippen LogP contribution is 2.24. The van der Waals surface area contributed by atoms with Crippen LogP contribution in [0.4, 0.5) is 0 Å². The first kappa shape index (κ1) is 19.9. The Morgan fingerprint density at radius 3 is 2.32 bits per heavy atom. The van der Waals surface area contributed by atoms with Crippen LogP contribution in [0, 0.1) is 13.8 Å². The number of nitrogens with two attached hydrogens (primary N) is 1. The summed E-state index contributed by atoms with van der Waals surface area (Å²) in [4.78, 5) is 14.1. The highest BCUT2D eigenvalue weighted by molar-refractivity contribution is 7.89. The number of unbranched alkanes of at least 4 members (excludes halogenated alkanes) is 3. The van der Waals surface area contributed by atoms with Crippen molar-refractivity contribution in [1.29, 1.82) is 0 Å². The van der Waals surface area contributed by atoms with E-state index in [2.05, 4.69) is 5.16 Å². The van der Waals surface area contributed by atoms with Crippen molar-refractivity contribution in [1.82, 2.24) is 14.4 Å². The van der Waals surface area contributed by atoms with E-state index in [0.29, 0.717) is 50.6 Å². The van der Waals surface area contributed by atoms with Crippen LogP contribution in [-0.4, -0.2) is 61.4 Å². The first-order valence-electron chi connectivity index (χ1n) is 8.78. The Balaban J connectivity index is 1.86. The Morgan fingerprint density at radius 1 is 1.12 bits per heavy atom. The number of hydrogen-bond acceptors (Lipinski definition) is 6. The molecule has 1 aromatic rings. The highest BCUT2D eigenvalue weighted by atomic mass is 32.2. The summed E-state index contributed by atoms with van der Waals surface area (Å²) in [6.45, 7) is 5.34. The predicted octanol–water partition coefficient (Wildman–Crippen LogP) is 1.03. The molecule has 2 rings (SSSR count). The van der Waals surface area contributed by atoms with Gasteiger partial charge in [0.05, 0.1) is 0 Å². The molecule has 2 heterocycles. The maximum Gasteiger partial charge on any atom is 0.248 e. The molecule has 8 nitrogen and oxygen atoms in total. The number of carbonyl (C=O) groups is 1. The summed E-state index contributed by atoms with van der Waals surface area (Å²) in [6, 6.07) is 0. The van der Waals surface area contributed by atoms with Crippen LogP contribution in [-0.2, 0) is 14.8 Å². The van der Waals surface area contributed by atoms with Crippen molar-refractivity contribution in [2.75, 3.05) is 32.7 Å². The first-order chi connectivity index (χ1) is 11.9. The zero-order chi connectivity index (χ0) is 18.4. The Morgan fingerprint density at radius 2 is 1.76 bits per heavy atom. The van der Waals surface area contributed by atoms with Crippen molar-refractivity contribution in [3.05, 3.63) is 11.5 Å². The fourth-order valence-electron chi connectivity index (χ4n) is 3.08. The number of amides is 1. The van der Waals surface area contributed by atoms with E-state index < -0.39 is 10.0 Å². The number of sulfonamides is 1. The van der Waals surface area contributed by atoms with Gasteiger partial charge in [0.15, 0.2) is 5.76 Å². The SMILES string of the molecule is Cc1noc(C)c1S(=O)(=O)N1CCN(C(=O)CCCCCCN)CC1. The van der Waals surface area contributed by atoms with Crippen molar-refractivity contribution in [2.45, 2.75) is 50.8 Å². The highest BCUT2D eigenvalue weighted by Gasteiger charge is 2.34. The Hall–Kier alpha value is -1.45. The van der Waals surface area contributed by atoms with Gasteiger partial charge in [-0.2, -0.15) is 4.31 Å². The third kappa shape index (κ3) is 4.80. The first-order valence-corrected chi connectivity index (χ1v) is 10.2. The van der Waals surface area contributed by atoms with Crippen LogP contribution in [0.5, 0.6) is 0 Å². The van der Waals surface area contributed by atoms with Gasteiger partial charge >= 0.3 is 0 Å². The molecule has 1 amide bonds. The van der Waals surface area contributed by atoms with Crippen LogP contribution >= 0.6 is 0 Å². The average Bonchev–Trinajstić information content (AvgIpc) is 2.94. The molecule has 0 unspecified atom stereocenters. The Labute approximate surface area is 149 Å². The van der Waals surface area contributed by atoms with E-state index >= 15 is 0 Å². The fourth-order valence-corrected chi connectivity index (χ4v) is 4.80. The summed E-state index contributed by atoms with van der Waals surface area (Å²) in [5.74, 6) is 0.399. The molecule has 142 valence electrons. The van der Waals surface area contributed by atoms with Crippen molar-refractivity contribution >= 4 is 15.9 Å². The number of carbonyl (C=O) groups excluding carboxylic acids is 1. The van der Waals surface area contributed by atoms with Gasteiger partial charge in [0, 0.05) is 32.6 Å². The minimum absolute atomic E-state index is 0.0992. The lowest BCUT2D eigenvalue weighted by Crippen LogP contribution is -2.50. The third-order valence-electron chi connectivity index (χ3n) is 4.50. The second-order valence-electron chi connectivity index (χ2n) is 6.39. The lowest BCUT2D eigenvalue weighted by Gasteiger charge is -2.34. The van der Waals surface area contributed by atoms with Gasteiger partial charge in [0.25, 0.3) is 0 Å². The molecule has 25 heavy (non-hydrogen) atoms. The van der Waals surface area contributed by atoms with E-state index in [1.807, 2.05) is 0 Å². The van der Waals surface area contributed by atoms with Crippen molar-refractivity contribution in [2.24, 2.45) is 5.73 Å². The van der Waals surface area contributed by atoms with Gasteiger partial charge < -0.3 is 15.2 Å². The lowest BCUT2D eigenvalue weighted by atomic mass is 10.1. The molecule has 2 N–H and O–H groups in total. The number of aromatic nitrogens is 1. The molecule has 0 radical (unpaired) electrons. The Kier molecular flexibility index (Phi) is 6.97. The topological polar surface area (TPSA) is 110 Å². The zero-order valence-electron chi connectivity index (χ0n) is 15.0. The summed E-state index contributed by atoms with van der Waals surface area (Å²) < 4.78 is 31.9. The van der Waals surface area contributed by atoms with Crippen molar-refractivity contribution in [3.63, 3.8) is 0 Å². The van der Waals surface area contributed by atoms with Crippen LogP contribution in [0.15, 0.2) is 9.42 Å². The van der Waals surface area contributed by atoms with Gasteiger partial charge in [-0.3, -0.25) is 4.79 Å². The van der Waals surface area contributed by atoms with E-state index in [4.69, 9.17) is 10.3 Å². The van der Waals surface area contributed by atoms with Crippen LogP contribution < -0.4 is 5.73 Å². The molecule has 0 bridgehead atoms. The molecule has 1 saturated heterocycles. The maximum absolute atomic E-state index is 12.8. The largest absolute Gasteiger partial charge is 0.360 e. The molecule has 0 atom stereocenters. The normalized spacial score (nSPS) is 16.4. The van der Waals surface area contributed by atoms with Gasteiger partial charge in [0.2, 0.25) is 15.9 Å². The molecular weight excluding hydrogens is 344 g/mol. The fraction of sp³-hybridized carbons (Fsp3) is 0.750. The number of rotatable bonds is 8. The second kappa shape index (κ2) is 8.77. The minimum atomic E-state index is -3.63. The van der Waals surface area contributed by atoms with Crippen LogP contribution in [0.25, 0.3) is 0 Å². The molecule has 1 fully saturated rings. The van der Waals surface area contributed by atoms with Crippen molar-refractivity contribution < 1.29 is 17.7 Å². The van der Waals surface area contributed by atoms with Crippen LogP contribution in [0.1, 0.15) is 43.6 Å². The van der Waals surface area contributed by atoms with Gasteiger partial charge in [-0.25, -0.2) is 8.42 Å². The third-order valence-corrected chi connectivity index (χ3v) is 6.65. The minimum Gasteiger partial charge on any atom is -0.360 e. The molecule has 0 aliphatic carbocycles. The summed E-state index contributed by atoms with van der Waals surface area (Å²) in [5, 5.41) is 3.72. The molecule has 0 aromatic carbocycles. The molecule has 1 aromatic heterocycles. The van der Waals surface area contributed by atoms with Crippen LogP contribution in [0.2, 0.25) is 0 Å². The van der Waals surface area contributed by atoms with E-state index in [1.165, 1.54) is 4.31 Å². The molecule has 1 aliphatic rings. The summed E-state index contributed by atoms with van der Waals surface area (Å²) in [7, 11) is -3.63. The monoisotopic (exact) mass is 372 g/mol. The van der Waals surface area contributed by atoms with Crippen molar-refractivity contribution in [3.8, 4) is 0 Å². The number of aryl methyl sites for hydroxylation is 2. The summed E-state index contributed by atoms with van der Waals surface area (Å²) in [5.41, 5.74) is 5.82. The molecule has 0 saturated carbocycles. The van der Waals surface area contributed by atoms with Crippen LogP contribution in [0.3, 0.4) is 0 Å². The van der Waals surface area contributed by atoms with E-state index in [-0.39, 0.29) is 10.8 Å². The number of hydrogen-bond donors (Lipinski definition) is 1. The quantitative estimate of drug-likeness (QED) is 0.683. The smallest absolute Gasteiger partial charge is 0.248 e. The van der Waals surface area contributed by atoms with Gasteiger partial charge in [-0.15, -0.1) is 0 Å². The molecular formula is C16H28N4O4S. The summed E-state index contributed by atoms with van der Waals surface area (Å²) >= 11 is 0. The second-order valence-corrected chi connectivity index (χ2v) is 8.27. The van der Waals surface area contributed by atoms with E-state index in [0.717, 1.165) is 25.7 Å². The lowest BCUT2D eigenvalue weighted by molar-refractivity contribution is -0.132. The standard InChI is InChI=1S/C16H28N4O4S/c1-13-16(14(2)24-18-13)25(22,23)20-11-9-19(10-12-20)15(21)7-5-3-4-6-8-17/h3-12,17H2,1-2H3. The number of piperazine rings is 1. The Bertz CT molecular complexity index is 659. The van der Waals surface area contributed by atoms with E-state index in [1.54, 1.807) is 18.7 Å². The van der Waals surface area contributed by atoms with Gasteiger partial charge in [-0.05, 0) is 33.2 Å². The molecule has 1 aliphatic heterocycles. The van der Waals surface area contributed by atoms with E-state index in [9.17, 15) is 13.2 Å². The summed E-state index contributed by atoms with van der Waals surface area (Å²) in [6.07, 6.45) is 4.42. The predicted molar refractivity (Wildman–Crippen MR) is 93.5 cm³/mol. The van der Waals surface area contributed by atoms with Gasteiger partial charge in [-0.1, -0.05) is 18.0 Å². The zero-order valence-corrected chi connectivity index (χ0v) is 15.8.